The van der Waals surface area contributed by atoms with Crippen molar-refractivity contribution in [1.82, 2.24) is 14.5 Å². The Morgan fingerprint density at radius 2 is 2.18 bits per heavy atom. The van der Waals surface area contributed by atoms with Gasteiger partial charge >= 0.3 is 0 Å². The van der Waals surface area contributed by atoms with Crippen molar-refractivity contribution in [3.05, 3.63) is 24.3 Å². The standard InChI is InChI=1S/C16H22N4O2/c21-8-7-18-11-19(10-13-4-3-9-22-13)16-17-14-5-1-2-6-15(14)20(16)12-18/h1-2,5-6,13,21H,3-4,7-12H2/t13-/m0/s1. The smallest absolute Gasteiger partial charge is 0.208 e. The number of fused-ring (bicyclic) bond motifs is 3. The zero-order chi connectivity index (χ0) is 14.9. The zero-order valence-electron chi connectivity index (χ0n) is 12.7. The van der Waals surface area contributed by atoms with E-state index in [1.54, 1.807) is 0 Å². The van der Waals surface area contributed by atoms with Crippen LogP contribution in [-0.2, 0) is 11.4 Å². The molecule has 0 bridgehead atoms. The quantitative estimate of drug-likeness (QED) is 0.921. The molecule has 0 spiro atoms. The van der Waals surface area contributed by atoms with Gasteiger partial charge in [-0.2, -0.15) is 0 Å². The van der Waals surface area contributed by atoms with Gasteiger partial charge in [-0.25, -0.2) is 4.98 Å². The first kappa shape index (κ1) is 14.0. The molecule has 2 aliphatic heterocycles. The molecule has 1 fully saturated rings. The molecule has 1 saturated heterocycles. The van der Waals surface area contributed by atoms with Crippen molar-refractivity contribution in [3.8, 4) is 0 Å². The summed E-state index contributed by atoms with van der Waals surface area (Å²) in [6.45, 7) is 4.16. The van der Waals surface area contributed by atoms with Crippen LogP contribution in [0, 0.1) is 0 Å². The predicted octanol–water partition coefficient (Wildman–Crippen LogP) is 1.24. The van der Waals surface area contributed by atoms with Crippen LogP contribution in [-0.4, -0.2) is 58.6 Å². The number of β-amino-alcohol motifs (C(OH)–C–C–N with tert-alkyl or cyclic N) is 1. The number of anilines is 1. The molecule has 0 saturated carbocycles. The average Bonchev–Trinajstić information content (AvgIpc) is 3.15. The number of benzene rings is 1. The van der Waals surface area contributed by atoms with Gasteiger partial charge in [-0.15, -0.1) is 0 Å². The lowest BCUT2D eigenvalue weighted by atomic mass is 10.2. The van der Waals surface area contributed by atoms with E-state index in [-0.39, 0.29) is 6.61 Å². The van der Waals surface area contributed by atoms with Crippen LogP contribution >= 0.6 is 0 Å². The van der Waals surface area contributed by atoms with Crippen LogP contribution in [0.3, 0.4) is 0 Å². The van der Waals surface area contributed by atoms with Gasteiger partial charge in [0.2, 0.25) is 5.95 Å². The fourth-order valence-electron chi connectivity index (χ4n) is 3.45. The molecular weight excluding hydrogens is 280 g/mol. The summed E-state index contributed by atoms with van der Waals surface area (Å²) in [7, 11) is 0. The summed E-state index contributed by atoms with van der Waals surface area (Å²) in [6.07, 6.45) is 2.56. The van der Waals surface area contributed by atoms with Crippen molar-refractivity contribution in [3.63, 3.8) is 0 Å². The molecule has 2 aromatic rings. The van der Waals surface area contributed by atoms with Crippen LogP contribution in [0.2, 0.25) is 0 Å². The van der Waals surface area contributed by atoms with Crippen LogP contribution in [0.1, 0.15) is 12.8 Å². The van der Waals surface area contributed by atoms with Crippen LogP contribution in [0.4, 0.5) is 5.95 Å². The first-order chi connectivity index (χ1) is 10.8. The molecule has 6 nitrogen and oxygen atoms in total. The minimum absolute atomic E-state index is 0.176. The third kappa shape index (κ3) is 2.47. The Balaban J connectivity index is 1.68. The van der Waals surface area contributed by atoms with Crippen molar-refractivity contribution < 1.29 is 9.84 Å². The Hall–Kier alpha value is -1.63. The van der Waals surface area contributed by atoms with E-state index in [1.807, 2.05) is 12.1 Å². The van der Waals surface area contributed by atoms with Crippen molar-refractivity contribution in [2.24, 2.45) is 0 Å². The Morgan fingerprint density at radius 3 is 3.00 bits per heavy atom. The summed E-state index contributed by atoms with van der Waals surface area (Å²) >= 11 is 0. The third-order valence-corrected chi connectivity index (χ3v) is 4.49. The molecule has 6 heteroatoms. The van der Waals surface area contributed by atoms with Crippen LogP contribution in [0.15, 0.2) is 24.3 Å². The lowest BCUT2D eigenvalue weighted by Crippen LogP contribution is -2.48. The molecule has 1 aromatic carbocycles. The van der Waals surface area contributed by atoms with E-state index < -0.39 is 0 Å². The van der Waals surface area contributed by atoms with Crippen LogP contribution in [0.25, 0.3) is 11.0 Å². The Morgan fingerprint density at radius 1 is 1.27 bits per heavy atom. The van der Waals surface area contributed by atoms with Gasteiger partial charge < -0.3 is 14.7 Å². The number of para-hydroxylation sites is 2. The summed E-state index contributed by atoms with van der Waals surface area (Å²) in [4.78, 5) is 9.35. The van der Waals surface area contributed by atoms with Gasteiger partial charge in [0.25, 0.3) is 0 Å². The highest BCUT2D eigenvalue weighted by molar-refractivity contribution is 5.79. The number of nitrogens with zero attached hydrogens (tertiary/aromatic N) is 4. The van der Waals surface area contributed by atoms with Crippen molar-refractivity contribution >= 4 is 17.0 Å². The number of ether oxygens (including phenoxy) is 1. The topological polar surface area (TPSA) is 53.8 Å². The molecule has 2 aliphatic rings. The zero-order valence-corrected chi connectivity index (χ0v) is 12.7. The number of imidazole rings is 1. The fourth-order valence-corrected chi connectivity index (χ4v) is 3.45. The molecule has 1 aromatic heterocycles. The summed E-state index contributed by atoms with van der Waals surface area (Å²) in [5.74, 6) is 1.02. The molecule has 4 rings (SSSR count). The van der Waals surface area contributed by atoms with E-state index in [0.29, 0.717) is 12.6 Å². The van der Waals surface area contributed by atoms with Crippen LogP contribution < -0.4 is 4.90 Å². The Kier molecular flexibility index (Phi) is 3.73. The van der Waals surface area contributed by atoms with E-state index in [1.165, 1.54) is 0 Å². The molecule has 0 radical (unpaired) electrons. The number of aliphatic hydroxyl groups is 1. The first-order valence-electron chi connectivity index (χ1n) is 8.00. The molecular formula is C16H22N4O2. The van der Waals surface area contributed by atoms with Crippen molar-refractivity contribution in [2.45, 2.75) is 25.6 Å². The maximum Gasteiger partial charge on any atom is 0.208 e. The van der Waals surface area contributed by atoms with E-state index in [2.05, 4.69) is 26.5 Å². The normalized spacial score (nSPS) is 22.4. The van der Waals surface area contributed by atoms with Gasteiger partial charge in [-0.3, -0.25) is 9.47 Å². The van der Waals surface area contributed by atoms with Gasteiger partial charge in [-0.05, 0) is 25.0 Å². The van der Waals surface area contributed by atoms with E-state index in [0.717, 1.165) is 56.3 Å². The van der Waals surface area contributed by atoms with E-state index in [4.69, 9.17) is 9.72 Å². The van der Waals surface area contributed by atoms with E-state index in [9.17, 15) is 5.11 Å². The largest absolute Gasteiger partial charge is 0.395 e. The number of rotatable bonds is 4. The van der Waals surface area contributed by atoms with Crippen LogP contribution in [0.5, 0.6) is 0 Å². The fraction of sp³-hybridized carbons (Fsp3) is 0.562. The molecule has 0 amide bonds. The SMILES string of the molecule is OCCN1CN(C[C@@H]2CCCO2)c2nc3ccccc3n2C1. The maximum atomic E-state index is 9.29. The Labute approximate surface area is 129 Å². The summed E-state index contributed by atoms with van der Waals surface area (Å²) in [5.41, 5.74) is 2.18. The van der Waals surface area contributed by atoms with Gasteiger partial charge in [0.05, 0.1) is 37.1 Å². The number of hydrogen-bond donors (Lipinski definition) is 1. The highest BCUT2D eigenvalue weighted by Crippen LogP contribution is 2.28. The molecule has 1 atom stereocenters. The summed E-state index contributed by atoms with van der Waals surface area (Å²) in [6, 6.07) is 8.24. The molecule has 0 aliphatic carbocycles. The minimum atomic E-state index is 0.176. The van der Waals surface area contributed by atoms with Crippen molar-refractivity contribution in [2.75, 3.05) is 37.9 Å². The second kappa shape index (κ2) is 5.87. The number of aliphatic hydroxyl groups excluding tert-OH is 1. The number of hydrogen-bond acceptors (Lipinski definition) is 5. The lowest BCUT2D eigenvalue weighted by molar-refractivity contribution is 0.103. The summed E-state index contributed by atoms with van der Waals surface area (Å²) in [5, 5.41) is 9.29. The minimum Gasteiger partial charge on any atom is -0.395 e. The van der Waals surface area contributed by atoms with Gasteiger partial charge in [0.1, 0.15) is 0 Å². The molecule has 22 heavy (non-hydrogen) atoms. The highest BCUT2D eigenvalue weighted by Gasteiger charge is 2.28. The van der Waals surface area contributed by atoms with Crippen molar-refractivity contribution in [1.29, 1.82) is 0 Å². The molecule has 118 valence electrons. The Bertz CT molecular complexity index is 651. The second-order valence-electron chi connectivity index (χ2n) is 6.09. The third-order valence-electron chi connectivity index (χ3n) is 4.49. The van der Waals surface area contributed by atoms with Gasteiger partial charge in [-0.1, -0.05) is 12.1 Å². The predicted molar refractivity (Wildman–Crippen MR) is 84.7 cm³/mol. The average molecular weight is 302 g/mol. The first-order valence-corrected chi connectivity index (χ1v) is 8.00. The summed E-state index contributed by atoms with van der Waals surface area (Å²) < 4.78 is 8.03. The monoisotopic (exact) mass is 302 g/mol. The molecule has 3 heterocycles. The second-order valence-corrected chi connectivity index (χ2v) is 6.09. The van der Waals surface area contributed by atoms with E-state index >= 15 is 0 Å². The van der Waals surface area contributed by atoms with Gasteiger partial charge in [0, 0.05) is 19.7 Å². The molecule has 0 unspecified atom stereocenters. The van der Waals surface area contributed by atoms with Gasteiger partial charge in [0.15, 0.2) is 0 Å². The number of aromatic nitrogens is 2. The highest BCUT2D eigenvalue weighted by atomic mass is 16.5. The molecule has 1 N–H and O–H groups in total. The lowest BCUT2D eigenvalue weighted by Gasteiger charge is -2.37. The maximum absolute atomic E-state index is 9.29.